The molecule has 0 atom stereocenters. The molecule has 1 N–H and O–H groups in total. The molecule has 0 amide bonds. The van der Waals surface area contributed by atoms with E-state index in [2.05, 4.69) is 58.3 Å². The third-order valence-corrected chi connectivity index (χ3v) is 3.04. The summed E-state index contributed by atoms with van der Waals surface area (Å²) in [5.41, 5.74) is 2.28. The number of hydrogen-bond acceptors (Lipinski definition) is 4. The van der Waals surface area contributed by atoms with Gasteiger partial charge in [-0.2, -0.15) is 0 Å². The van der Waals surface area contributed by atoms with Crippen LogP contribution in [-0.2, 0) is 0 Å². The van der Waals surface area contributed by atoms with Crippen LogP contribution in [0.25, 0.3) is 0 Å². The first kappa shape index (κ1) is 14.3. The number of benzene rings is 1. The molecule has 0 aliphatic rings. The smallest absolute Gasteiger partial charge is 0.227 e. The van der Waals surface area contributed by atoms with Crippen LogP contribution in [0, 0.1) is 0 Å². The van der Waals surface area contributed by atoms with E-state index in [4.69, 9.17) is 0 Å². The van der Waals surface area contributed by atoms with Crippen molar-refractivity contribution in [3.8, 4) is 0 Å². The zero-order valence-electron chi connectivity index (χ0n) is 12.2. The van der Waals surface area contributed by atoms with E-state index >= 15 is 0 Å². The predicted molar refractivity (Wildman–Crippen MR) is 84.6 cm³/mol. The lowest BCUT2D eigenvalue weighted by molar-refractivity contribution is 0.745. The molecule has 0 spiro atoms. The number of rotatable bonds is 7. The van der Waals surface area contributed by atoms with E-state index in [0.717, 1.165) is 31.6 Å². The van der Waals surface area contributed by atoms with Gasteiger partial charge in [-0.25, -0.2) is 9.97 Å². The molecule has 0 saturated carbocycles. The van der Waals surface area contributed by atoms with Crippen molar-refractivity contribution < 1.29 is 0 Å². The van der Waals surface area contributed by atoms with E-state index in [-0.39, 0.29) is 0 Å². The van der Waals surface area contributed by atoms with Crippen LogP contribution in [0.3, 0.4) is 0 Å². The maximum Gasteiger partial charge on any atom is 0.227 e. The molecular weight excluding hydrogens is 248 g/mol. The SMILES string of the molecule is CCCN(CCC)c1ccc(Nc2ncccn2)cc1. The van der Waals surface area contributed by atoms with Crippen molar-refractivity contribution in [3.05, 3.63) is 42.7 Å². The quantitative estimate of drug-likeness (QED) is 0.829. The molecule has 20 heavy (non-hydrogen) atoms. The lowest BCUT2D eigenvalue weighted by Crippen LogP contribution is -2.24. The Balaban J connectivity index is 2.05. The topological polar surface area (TPSA) is 41.0 Å². The second-order valence-electron chi connectivity index (χ2n) is 4.73. The van der Waals surface area contributed by atoms with E-state index in [0.29, 0.717) is 5.95 Å². The van der Waals surface area contributed by atoms with Crippen LogP contribution < -0.4 is 10.2 Å². The fourth-order valence-corrected chi connectivity index (χ4v) is 2.16. The van der Waals surface area contributed by atoms with Crippen LogP contribution in [0.1, 0.15) is 26.7 Å². The number of anilines is 3. The molecule has 2 rings (SSSR count). The second kappa shape index (κ2) is 7.48. The monoisotopic (exact) mass is 270 g/mol. The lowest BCUT2D eigenvalue weighted by Gasteiger charge is -2.24. The van der Waals surface area contributed by atoms with Gasteiger partial charge in [-0.05, 0) is 43.2 Å². The molecule has 0 radical (unpaired) electrons. The fraction of sp³-hybridized carbons (Fsp3) is 0.375. The lowest BCUT2D eigenvalue weighted by atomic mass is 10.2. The van der Waals surface area contributed by atoms with Gasteiger partial charge >= 0.3 is 0 Å². The molecular formula is C16H22N4. The van der Waals surface area contributed by atoms with E-state index in [9.17, 15) is 0 Å². The Morgan fingerprint density at radius 1 is 0.950 bits per heavy atom. The highest BCUT2D eigenvalue weighted by atomic mass is 15.1. The zero-order valence-corrected chi connectivity index (χ0v) is 12.2. The van der Waals surface area contributed by atoms with Crippen molar-refractivity contribution >= 4 is 17.3 Å². The Kier molecular flexibility index (Phi) is 5.35. The van der Waals surface area contributed by atoms with E-state index in [1.807, 2.05) is 6.07 Å². The normalized spacial score (nSPS) is 10.3. The van der Waals surface area contributed by atoms with Gasteiger partial charge < -0.3 is 10.2 Å². The molecule has 2 aromatic rings. The standard InChI is InChI=1S/C16H22N4/c1-3-12-20(13-4-2)15-8-6-14(7-9-15)19-16-17-10-5-11-18-16/h5-11H,3-4,12-13H2,1-2H3,(H,17,18,19). The fourth-order valence-electron chi connectivity index (χ4n) is 2.16. The summed E-state index contributed by atoms with van der Waals surface area (Å²) < 4.78 is 0. The van der Waals surface area contributed by atoms with Crippen molar-refractivity contribution in [1.82, 2.24) is 9.97 Å². The highest BCUT2D eigenvalue weighted by Gasteiger charge is 2.04. The van der Waals surface area contributed by atoms with Crippen molar-refractivity contribution in [2.45, 2.75) is 26.7 Å². The Hall–Kier alpha value is -2.10. The second-order valence-corrected chi connectivity index (χ2v) is 4.73. The minimum absolute atomic E-state index is 0.624. The number of hydrogen-bond donors (Lipinski definition) is 1. The van der Waals surface area contributed by atoms with Gasteiger partial charge in [0.2, 0.25) is 5.95 Å². The van der Waals surface area contributed by atoms with Gasteiger partial charge in [0.1, 0.15) is 0 Å². The minimum atomic E-state index is 0.624. The van der Waals surface area contributed by atoms with Crippen LogP contribution in [0.4, 0.5) is 17.3 Å². The highest BCUT2D eigenvalue weighted by molar-refractivity contribution is 5.59. The molecule has 0 unspecified atom stereocenters. The molecule has 0 bridgehead atoms. The van der Waals surface area contributed by atoms with Gasteiger partial charge in [-0.1, -0.05) is 13.8 Å². The van der Waals surface area contributed by atoms with Gasteiger partial charge in [0.15, 0.2) is 0 Å². The van der Waals surface area contributed by atoms with Gasteiger partial charge in [0, 0.05) is 36.9 Å². The average Bonchev–Trinajstić information content (AvgIpc) is 2.49. The third kappa shape index (κ3) is 3.95. The summed E-state index contributed by atoms with van der Waals surface area (Å²) in [7, 11) is 0. The molecule has 1 heterocycles. The van der Waals surface area contributed by atoms with Gasteiger partial charge in [-0.15, -0.1) is 0 Å². The van der Waals surface area contributed by atoms with Crippen molar-refractivity contribution in [2.75, 3.05) is 23.3 Å². The van der Waals surface area contributed by atoms with Crippen molar-refractivity contribution in [2.24, 2.45) is 0 Å². The van der Waals surface area contributed by atoms with Crippen molar-refractivity contribution in [3.63, 3.8) is 0 Å². The molecule has 0 aliphatic heterocycles. The number of aromatic nitrogens is 2. The van der Waals surface area contributed by atoms with Crippen LogP contribution in [-0.4, -0.2) is 23.1 Å². The molecule has 1 aromatic carbocycles. The first-order chi connectivity index (χ1) is 9.83. The van der Waals surface area contributed by atoms with Crippen LogP contribution in [0.2, 0.25) is 0 Å². The van der Waals surface area contributed by atoms with Crippen LogP contribution in [0.15, 0.2) is 42.7 Å². The maximum atomic E-state index is 4.16. The van der Waals surface area contributed by atoms with Crippen molar-refractivity contribution in [1.29, 1.82) is 0 Å². The first-order valence-electron chi connectivity index (χ1n) is 7.22. The molecule has 106 valence electrons. The summed E-state index contributed by atoms with van der Waals surface area (Å²) in [4.78, 5) is 10.7. The zero-order chi connectivity index (χ0) is 14.2. The van der Waals surface area contributed by atoms with Gasteiger partial charge in [-0.3, -0.25) is 0 Å². The minimum Gasteiger partial charge on any atom is -0.372 e. The summed E-state index contributed by atoms with van der Waals surface area (Å²) in [6.45, 7) is 6.63. The number of nitrogens with zero attached hydrogens (tertiary/aromatic N) is 3. The predicted octanol–water partition coefficient (Wildman–Crippen LogP) is 3.85. The Labute approximate surface area is 120 Å². The molecule has 4 heteroatoms. The van der Waals surface area contributed by atoms with Crippen LogP contribution in [0.5, 0.6) is 0 Å². The van der Waals surface area contributed by atoms with E-state index in [1.165, 1.54) is 5.69 Å². The summed E-state index contributed by atoms with van der Waals surface area (Å²) in [6.07, 6.45) is 5.79. The maximum absolute atomic E-state index is 4.16. The van der Waals surface area contributed by atoms with Crippen LogP contribution >= 0.6 is 0 Å². The summed E-state index contributed by atoms with van der Waals surface area (Å²) >= 11 is 0. The summed E-state index contributed by atoms with van der Waals surface area (Å²) in [5, 5.41) is 3.19. The average molecular weight is 270 g/mol. The van der Waals surface area contributed by atoms with E-state index < -0.39 is 0 Å². The summed E-state index contributed by atoms with van der Waals surface area (Å²) in [5.74, 6) is 0.624. The number of nitrogens with one attached hydrogen (secondary N) is 1. The van der Waals surface area contributed by atoms with Gasteiger partial charge in [0.25, 0.3) is 0 Å². The molecule has 1 aromatic heterocycles. The largest absolute Gasteiger partial charge is 0.372 e. The summed E-state index contributed by atoms with van der Waals surface area (Å²) in [6, 6.07) is 10.3. The molecule has 0 aliphatic carbocycles. The molecule has 0 saturated heterocycles. The Bertz CT molecular complexity index is 490. The Morgan fingerprint density at radius 2 is 1.55 bits per heavy atom. The third-order valence-electron chi connectivity index (χ3n) is 3.04. The Morgan fingerprint density at radius 3 is 2.10 bits per heavy atom. The molecule has 0 fully saturated rings. The van der Waals surface area contributed by atoms with E-state index in [1.54, 1.807) is 12.4 Å². The first-order valence-corrected chi connectivity index (χ1v) is 7.22. The molecule has 4 nitrogen and oxygen atoms in total. The highest BCUT2D eigenvalue weighted by Crippen LogP contribution is 2.20. The van der Waals surface area contributed by atoms with Gasteiger partial charge in [0.05, 0.1) is 0 Å².